The molecular formula is C15H29NS2. The van der Waals surface area contributed by atoms with E-state index in [-0.39, 0.29) is 4.75 Å². The topological polar surface area (TPSA) is 3.24 Å². The first-order valence-corrected chi connectivity index (χ1v) is 8.27. The van der Waals surface area contributed by atoms with Crippen LogP contribution in [0.2, 0.25) is 0 Å². The highest BCUT2D eigenvalue weighted by Crippen LogP contribution is 2.49. The Morgan fingerprint density at radius 1 is 1.22 bits per heavy atom. The zero-order chi connectivity index (χ0) is 14.2. The van der Waals surface area contributed by atoms with Crippen LogP contribution in [0.1, 0.15) is 61.3 Å². The number of hydrogen-bond acceptors (Lipinski definition) is 2. The SMILES string of the molecule is CCC(C)(C)SC(=S)N1CC(C)(C)C(C)(CC)C1. The van der Waals surface area contributed by atoms with Gasteiger partial charge in [-0.3, -0.25) is 0 Å². The molecule has 3 heteroatoms. The summed E-state index contributed by atoms with van der Waals surface area (Å²) in [4.78, 5) is 2.43. The predicted molar refractivity (Wildman–Crippen MR) is 88.3 cm³/mol. The van der Waals surface area contributed by atoms with E-state index in [0.29, 0.717) is 10.8 Å². The molecule has 106 valence electrons. The highest BCUT2D eigenvalue weighted by molar-refractivity contribution is 8.23. The fraction of sp³-hybridized carbons (Fsp3) is 0.933. The van der Waals surface area contributed by atoms with Gasteiger partial charge in [-0.05, 0) is 23.7 Å². The van der Waals surface area contributed by atoms with E-state index in [9.17, 15) is 0 Å². The first kappa shape index (κ1) is 16.3. The maximum Gasteiger partial charge on any atom is 0.136 e. The molecule has 0 aromatic rings. The van der Waals surface area contributed by atoms with Crippen molar-refractivity contribution in [3.8, 4) is 0 Å². The van der Waals surface area contributed by atoms with E-state index in [1.165, 1.54) is 6.42 Å². The molecular weight excluding hydrogens is 258 g/mol. The van der Waals surface area contributed by atoms with Crippen LogP contribution in [0.4, 0.5) is 0 Å². The molecule has 1 nitrogen and oxygen atoms in total. The number of hydrogen-bond donors (Lipinski definition) is 0. The number of likely N-dealkylation sites (tertiary alicyclic amines) is 1. The fourth-order valence-corrected chi connectivity index (χ4v) is 4.13. The summed E-state index contributed by atoms with van der Waals surface area (Å²) in [6, 6.07) is 0. The molecule has 1 unspecified atom stereocenters. The van der Waals surface area contributed by atoms with Crippen molar-refractivity contribution < 1.29 is 0 Å². The van der Waals surface area contributed by atoms with Gasteiger partial charge in [-0.25, -0.2) is 0 Å². The molecule has 0 N–H and O–H groups in total. The maximum atomic E-state index is 5.67. The van der Waals surface area contributed by atoms with Gasteiger partial charge in [-0.1, -0.05) is 72.4 Å². The van der Waals surface area contributed by atoms with E-state index in [1.54, 1.807) is 0 Å². The van der Waals surface area contributed by atoms with Crippen LogP contribution in [-0.4, -0.2) is 27.1 Å². The first-order chi connectivity index (χ1) is 8.07. The monoisotopic (exact) mass is 287 g/mol. The highest BCUT2D eigenvalue weighted by Gasteiger charge is 2.48. The van der Waals surface area contributed by atoms with E-state index in [1.807, 2.05) is 11.8 Å². The van der Waals surface area contributed by atoms with Gasteiger partial charge in [0.05, 0.1) is 0 Å². The van der Waals surface area contributed by atoms with Gasteiger partial charge in [0.2, 0.25) is 0 Å². The molecule has 1 saturated heterocycles. The van der Waals surface area contributed by atoms with Gasteiger partial charge < -0.3 is 4.90 Å². The molecule has 1 fully saturated rings. The Kier molecular flexibility index (Phi) is 4.81. The third-order valence-corrected chi connectivity index (χ3v) is 6.80. The molecule has 18 heavy (non-hydrogen) atoms. The number of thiocarbonyl (C=S) groups is 1. The summed E-state index contributed by atoms with van der Waals surface area (Å²) in [5.41, 5.74) is 0.733. The Labute approximate surface area is 123 Å². The predicted octanol–water partition coefficient (Wildman–Crippen LogP) is 4.95. The molecule has 1 aliphatic rings. The van der Waals surface area contributed by atoms with Gasteiger partial charge in [-0.2, -0.15) is 0 Å². The summed E-state index contributed by atoms with van der Waals surface area (Å²) in [5, 5.41) is 0. The van der Waals surface area contributed by atoms with Gasteiger partial charge in [0.25, 0.3) is 0 Å². The smallest absolute Gasteiger partial charge is 0.136 e. The van der Waals surface area contributed by atoms with Crippen LogP contribution in [0.5, 0.6) is 0 Å². The molecule has 0 bridgehead atoms. The van der Waals surface area contributed by atoms with Crippen molar-refractivity contribution in [1.82, 2.24) is 4.90 Å². The third kappa shape index (κ3) is 3.22. The third-order valence-electron chi connectivity index (χ3n) is 5.01. The Bertz CT molecular complexity index is 322. The minimum Gasteiger partial charge on any atom is -0.356 e. The molecule has 1 rings (SSSR count). The molecule has 0 saturated carbocycles. The van der Waals surface area contributed by atoms with Crippen LogP contribution >= 0.6 is 24.0 Å². The quantitative estimate of drug-likeness (QED) is 0.676. The molecule has 0 aromatic carbocycles. The minimum absolute atomic E-state index is 0.256. The van der Waals surface area contributed by atoms with Crippen molar-refractivity contribution in [1.29, 1.82) is 0 Å². The van der Waals surface area contributed by atoms with Crippen molar-refractivity contribution in [2.24, 2.45) is 10.8 Å². The van der Waals surface area contributed by atoms with Crippen molar-refractivity contribution >= 4 is 28.3 Å². The van der Waals surface area contributed by atoms with Gasteiger partial charge >= 0.3 is 0 Å². The van der Waals surface area contributed by atoms with Crippen LogP contribution in [0.3, 0.4) is 0 Å². The summed E-state index contributed by atoms with van der Waals surface area (Å²) in [6.45, 7) is 18.5. The van der Waals surface area contributed by atoms with Crippen LogP contribution in [0, 0.1) is 10.8 Å². The van der Waals surface area contributed by atoms with E-state index in [0.717, 1.165) is 23.8 Å². The highest BCUT2D eigenvalue weighted by atomic mass is 32.2. The van der Waals surface area contributed by atoms with Crippen LogP contribution in [-0.2, 0) is 0 Å². The summed E-state index contributed by atoms with van der Waals surface area (Å²) in [5.74, 6) is 0. The molecule has 1 atom stereocenters. The lowest BCUT2D eigenvalue weighted by molar-refractivity contribution is 0.152. The summed E-state index contributed by atoms with van der Waals surface area (Å²) < 4.78 is 1.35. The van der Waals surface area contributed by atoms with Crippen molar-refractivity contribution in [2.75, 3.05) is 13.1 Å². The molecule has 0 aliphatic carbocycles. The van der Waals surface area contributed by atoms with E-state index in [2.05, 4.69) is 53.4 Å². The lowest BCUT2D eigenvalue weighted by Crippen LogP contribution is -2.32. The van der Waals surface area contributed by atoms with Crippen LogP contribution in [0.25, 0.3) is 0 Å². The number of rotatable bonds is 3. The number of thioether (sulfide) groups is 1. The van der Waals surface area contributed by atoms with Gasteiger partial charge in [-0.15, -0.1) is 0 Å². The number of nitrogens with zero attached hydrogens (tertiary/aromatic N) is 1. The van der Waals surface area contributed by atoms with Gasteiger partial charge in [0.15, 0.2) is 0 Å². The Balaban J connectivity index is 2.75. The molecule has 1 heterocycles. The minimum atomic E-state index is 0.256. The Morgan fingerprint density at radius 2 is 1.78 bits per heavy atom. The second-order valence-electron chi connectivity index (χ2n) is 7.14. The second kappa shape index (κ2) is 5.32. The Hall–Kier alpha value is 0.240. The zero-order valence-electron chi connectivity index (χ0n) is 13.1. The van der Waals surface area contributed by atoms with Crippen LogP contribution < -0.4 is 0 Å². The fourth-order valence-electron chi connectivity index (χ4n) is 2.45. The summed E-state index contributed by atoms with van der Waals surface area (Å²) in [7, 11) is 0. The van der Waals surface area contributed by atoms with Crippen LogP contribution in [0.15, 0.2) is 0 Å². The maximum absolute atomic E-state index is 5.67. The Morgan fingerprint density at radius 3 is 2.17 bits per heavy atom. The van der Waals surface area contributed by atoms with E-state index < -0.39 is 0 Å². The summed E-state index contributed by atoms with van der Waals surface area (Å²) >= 11 is 7.54. The average molecular weight is 288 g/mol. The first-order valence-electron chi connectivity index (χ1n) is 7.05. The summed E-state index contributed by atoms with van der Waals surface area (Å²) in [6.07, 6.45) is 2.38. The van der Waals surface area contributed by atoms with Gasteiger partial charge in [0, 0.05) is 17.8 Å². The van der Waals surface area contributed by atoms with E-state index >= 15 is 0 Å². The molecule has 1 aliphatic heterocycles. The van der Waals surface area contributed by atoms with Crippen molar-refractivity contribution in [3.63, 3.8) is 0 Å². The van der Waals surface area contributed by atoms with Crippen molar-refractivity contribution in [3.05, 3.63) is 0 Å². The largest absolute Gasteiger partial charge is 0.356 e. The normalized spacial score (nSPS) is 27.6. The lowest BCUT2D eigenvalue weighted by atomic mass is 9.68. The van der Waals surface area contributed by atoms with Gasteiger partial charge in [0.1, 0.15) is 4.32 Å². The molecule has 0 aromatic heterocycles. The standard InChI is InChI=1S/C15H29NS2/c1-8-14(5,6)18-12(17)16-10-13(3,4)15(7,9-2)11-16/h8-11H2,1-7H3. The van der Waals surface area contributed by atoms with E-state index in [4.69, 9.17) is 12.2 Å². The zero-order valence-corrected chi connectivity index (χ0v) is 14.7. The van der Waals surface area contributed by atoms with Crippen molar-refractivity contribution in [2.45, 2.75) is 66.1 Å². The molecule has 0 spiro atoms. The molecule has 0 radical (unpaired) electrons. The second-order valence-corrected chi connectivity index (χ2v) is 9.48. The lowest BCUT2D eigenvalue weighted by Gasteiger charge is -2.35. The molecule has 0 amide bonds. The average Bonchev–Trinajstić information content (AvgIpc) is 2.50.